The summed E-state index contributed by atoms with van der Waals surface area (Å²) < 4.78 is 7.26. The Bertz CT molecular complexity index is 550. The van der Waals surface area contributed by atoms with Crippen molar-refractivity contribution in [2.45, 2.75) is 13.5 Å². The molecule has 5 nitrogen and oxygen atoms in total. The number of imidazole rings is 1. The molecule has 2 N–H and O–H groups in total. The van der Waals surface area contributed by atoms with Gasteiger partial charge in [-0.05, 0) is 24.7 Å². The van der Waals surface area contributed by atoms with E-state index >= 15 is 0 Å². The van der Waals surface area contributed by atoms with E-state index in [9.17, 15) is 0 Å². The van der Waals surface area contributed by atoms with Gasteiger partial charge in [0.1, 0.15) is 5.82 Å². The van der Waals surface area contributed by atoms with Gasteiger partial charge in [0.25, 0.3) is 0 Å². The Kier molecular flexibility index (Phi) is 4.39. The summed E-state index contributed by atoms with van der Waals surface area (Å²) in [6.07, 6.45) is 0. The number of nitrogens with zero attached hydrogens (tertiary/aromatic N) is 3. The van der Waals surface area contributed by atoms with Crippen molar-refractivity contribution in [2.24, 2.45) is 7.05 Å². The van der Waals surface area contributed by atoms with Crippen molar-refractivity contribution in [3.8, 4) is 0 Å². The highest BCUT2D eigenvalue weighted by molar-refractivity contribution is 5.79. The molecule has 5 heteroatoms. The van der Waals surface area contributed by atoms with E-state index in [1.165, 1.54) is 0 Å². The second-order valence-corrected chi connectivity index (χ2v) is 4.70. The molecular formula is C14H22N4O. The Balaban J connectivity index is 2.22. The number of aryl methyl sites for hydroxylation is 1. The highest BCUT2D eigenvalue weighted by Gasteiger charge is 2.11. The van der Waals surface area contributed by atoms with Gasteiger partial charge in [-0.15, -0.1) is 0 Å². The number of aromatic nitrogens is 2. The number of hydrogen-bond acceptors (Lipinski definition) is 4. The molecule has 0 aliphatic rings. The van der Waals surface area contributed by atoms with Crippen LogP contribution in [0.5, 0.6) is 0 Å². The molecule has 0 bridgehead atoms. The lowest BCUT2D eigenvalue weighted by molar-refractivity contribution is 0.145. The molecule has 0 radical (unpaired) electrons. The van der Waals surface area contributed by atoms with Gasteiger partial charge in [-0.2, -0.15) is 0 Å². The quantitative estimate of drug-likeness (QED) is 0.804. The van der Waals surface area contributed by atoms with Crippen molar-refractivity contribution >= 4 is 16.7 Å². The molecular weight excluding hydrogens is 240 g/mol. The predicted octanol–water partition coefficient (Wildman–Crippen LogP) is 1.62. The standard InChI is InChI=1S/C14H22N4O/c1-4-18(7-8-19-3)10-14-16-12-9-11(15)5-6-13(12)17(14)2/h5-6,9H,4,7-8,10,15H2,1-3H3. The minimum absolute atomic E-state index is 0.741. The Hall–Kier alpha value is -1.59. The van der Waals surface area contributed by atoms with Gasteiger partial charge in [0.05, 0.1) is 24.2 Å². The van der Waals surface area contributed by atoms with E-state index in [-0.39, 0.29) is 0 Å². The fourth-order valence-electron chi connectivity index (χ4n) is 2.18. The second kappa shape index (κ2) is 6.04. The van der Waals surface area contributed by atoms with E-state index in [2.05, 4.69) is 21.4 Å². The van der Waals surface area contributed by atoms with Crippen LogP contribution in [0.4, 0.5) is 5.69 Å². The van der Waals surface area contributed by atoms with Gasteiger partial charge >= 0.3 is 0 Å². The largest absolute Gasteiger partial charge is 0.399 e. The third-order valence-electron chi connectivity index (χ3n) is 3.42. The lowest BCUT2D eigenvalue weighted by Crippen LogP contribution is -2.28. The molecule has 0 aliphatic heterocycles. The van der Waals surface area contributed by atoms with Crippen molar-refractivity contribution < 1.29 is 4.74 Å². The molecule has 19 heavy (non-hydrogen) atoms. The maximum absolute atomic E-state index is 5.80. The molecule has 0 amide bonds. The molecule has 0 spiro atoms. The minimum atomic E-state index is 0.741. The molecule has 0 fully saturated rings. The molecule has 2 aromatic rings. The van der Waals surface area contributed by atoms with Crippen LogP contribution in [0.2, 0.25) is 0 Å². The molecule has 0 aliphatic carbocycles. The van der Waals surface area contributed by atoms with E-state index in [1.807, 2.05) is 25.2 Å². The van der Waals surface area contributed by atoms with Gasteiger partial charge in [-0.3, -0.25) is 4.90 Å². The molecule has 1 aromatic heterocycles. The summed E-state index contributed by atoms with van der Waals surface area (Å²) in [6.45, 7) is 5.61. The molecule has 0 atom stereocenters. The van der Waals surface area contributed by atoms with Gasteiger partial charge in [0, 0.05) is 26.4 Å². The number of methoxy groups -OCH3 is 1. The first-order valence-corrected chi connectivity index (χ1v) is 6.57. The number of nitrogens with two attached hydrogens (primary N) is 1. The monoisotopic (exact) mass is 262 g/mol. The fourth-order valence-corrected chi connectivity index (χ4v) is 2.18. The van der Waals surface area contributed by atoms with Crippen molar-refractivity contribution in [3.63, 3.8) is 0 Å². The average molecular weight is 262 g/mol. The number of anilines is 1. The van der Waals surface area contributed by atoms with Gasteiger partial charge in [0.2, 0.25) is 0 Å². The number of ether oxygens (including phenoxy) is 1. The van der Waals surface area contributed by atoms with Crippen LogP contribution in [0.3, 0.4) is 0 Å². The Morgan fingerprint density at radius 2 is 2.21 bits per heavy atom. The van der Waals surface area contributed by atoms with E-state index < -0.39 is 0 Å². The molecule has 104 valence electrons. The first-order chi connectivity index (χ1) is 9.15. The number of nitrogen functional groups attached to an aromatic ring is 1. The van der Waals surface area contributed by atoms with Crippen LogP contribution in [-0.4, -0.2) is 41.3 Å². The zero-order chi connectivity index (χ0) is 13.8. The van der Waals surface area contributed by atoms with Crippen molar-refractivity contribution in [1.82, 2.24) is 14.5 Å². The highest BCUT2D eigenvalue weighted by atomic mass is 16.5. The van der Waals surface area contributed by atoms with E-state index in [0.29, 0.717) is 0 Å². The van der Waals surface area contributed by atoms with Gasteiger partial charge < -0.3 is 15.0 Å². The fraction of sp³-hybridized carbons (Fsp3) is 0.500. The first-order valence-electron chi connectivity index (χ1n) is 6.57. The van der Waals surface area contributed by atoms with Gasteiger partial charge in [-0.25, -0.2) is 4.98 Å². The van der Waals surface area contributed by atoms with Crippen LogP contribution in [0, 0.1) is 0 Å². The first kappa shape index (κ1) is 13.8. The van der Waals surface area contributed by atoms with E-state index in [1.54, 1.807) is 7.11 Å². The normalized spacial score (nSPS) is 11.6. The third kappa shape index (κ3) is 3.05. The predicted molar refractivity (Wildman–Crippen MR) is 78.0 cm³/mol. The number of benzene rings is 1. The second-order valence-electron chi connectivity index (χ2n) is 4.70. The zero-order valence-electron chi connectivity index (χ0n) is 11.9. The van der Waals surface area contributed by atoms with E-state index in [0.717, 1.165) is 48.8 Å². The highest BCUT2D eigenvalue weighted by Crippen LogP contribution is 2.18. The van der Waals surface area contributed by atoms with Crippen LogP contribution in [0.1, 0.15) is 12.7 Å². The molecule has 2 rings (SSSR count). The number of hydrogen-bond donors (Lipinski definition) is 1. The number of likely N-dealkylation sites (N-methyl/N-ethyl adjacent to an activating group) is 1. The summed E-state index contributed by atoms with van der Waals surface area (Å²) in [4.78, 5) is 6.98. The van der Waals surface area contributed by atoms with Crippen molar-refractivity contribution in [2.75, 3.05) is 32.5 Å². The number of rotatable bonds is 6. The van der Waals surface area contributed by atoms with Gasteiger partial charge in [0.15, 0.2) is 0 Å². The lowest BCUT2D eigenvalue weighted by atomic mass is 10.3. The zero-order valence-corrected chi connectivity index (χ0v) is 11.9. The summed E-state index contributed by atoms with van der Waals surface area (Å²) in [6, 6.07) is 5.85. The molecule has 1 heterocycles. The summed E-state index contributed by atoms with van der Waals surface area (Å²) in [5.41, 5.74) is 8.63. The van der Waals surface area contributed by atoms with Crippen molar-refractivity contribution in [3.05, 3.63) is 24.0 Å². The van der Waals surface area contributed by atoms with Crippen LogP contribution in [0.15, 0.2) is 18.2 Å². The smallest absolute Gasteiger partial charge is 0.123 e. The number of fused-ring (bicyclic) bond motifs is 1. The SMILES string of the molecule is CCN(CCOC)Cc1nc2cc(N)ccc2n1C. The Morgan fingerprint density at radius 3 is 2.89 bits per heavy atom. The molecule has 0 saturated carbocycles. The van der Waals surface area contributed by atoms with Crippen LogP contribution in [-0.2, 0) is 18.3 Å². The summed E-state index contributed by atoms with van der Waals surface area (Å²) >= 11 is 0. The lowest BCUT2D eigenvalue weighted by Gasteiger charge is -2.19. The topological polar surface area (TPSA) is 56.3 Å². The summed E-state index contributed by atoms with van der Waals surface area (Å²) in [5, 5.41) is 0. The third-order valence-corrected chi connectivity index (χ3v) is 3.42. The molecule has 1 aromatic carbocycles. The Morgan fingerprint density at radius 1 is 1.42 bits per heavy atom. The molecule has 0 saturated heterocycles. The Labute approximate surface area is 114 Å². The van der Waals surface area contributed by atoms with E-state index in [4.69, 9.17) is 10.5 Å². The molecule has 0 unspecified atom stereocenters. The van der Waals surface area contributed by atoms with Crippen LogP contribution in [0.25, 0.3) is 11.0 Å². The van der Waals surface area contributed by atoms with Gasteiger partial charge in [-0.1, -0.05) is 6.92 Å². The van der Waals surface area contributed by atoms with Crippen LogP contribution < -0.4 is 5.73 Å². The van der Waals surface area contributed by atoms with Crippen LogP contribution >= 0.6 is 0 Å². The summed E-state index contributed by atoms with van der Waals surface area (Å²) in [5.74, 6) is 1.05. The maximum atomic E-state index is 5.80. The minimum Gasteiger partial charge on any atom is -0.399 e. The maximum Gasteiger partial charge on any atom is 0.123 e. The van der Waals surface area contributed by atoms with Crippen molar-refractivity contribution in [1.29, 1.82) is 0 Å². The average Bonchev–Trinajstić information content (AvgIpc) is 2.70. The summed E-state index contributed by atoms with van der Waals surface area (Å²) in [7, 11) is 3.77.